The number of nitrogens with one attached hydrogen (secondary N) is 1. The quantitative estimate of drug-likeness (QED) is 0.890. The van der Waals surface area contributed by atoms with Gasteiger partial charge in [-0.3, -0.25) is 0 Å². The maximum Gasteiger partial charge on any atom is 0.0468 e. The van der Waals surface area contributed by atoms with Crippen LogP contribution < -0.4 is 5.32 Å². The highest BCUT2D eigenvalue weighted by Crippen LogP contribution is 2.26. The van der Waals surface area contributed by atoms with Gasteiger partial charge in [0.2, 0.25) is 0 Å². The zero-order chi connectivity index (χ0) is 13.1. The molecule has 96 valence electrons. The number of aryl methyl sites for hydroxylation is 1. The van der Waals surface area contributed by atoms with Gasteiger partial charge in [-0.2, -0.15) is 0 Å². The SMILES string of the molecule is CC(NCc1ccn(C)c1)c1ccc(Cl)cc1Cl. The van der Waals surface area contributed by atoms with Crippen molar-refractivity contribution in [3.63, 3.8) is 0 Å². The molecule has 0 aliphatic carbocycles. The van der Waals surface area contributed by atoms with E-state index in [0.717, 1.165) is 12.1 Å². The van der Waals surface area contributed by atoms with Crippen molar-refractivity contribution in [3.05, 3.63) is 57.8 Å². The Morgan fingerprint density at radius 1 is 1.28 bits per heavy atom. The Morgan fingerprint density at radius 3 is 2.67 bits per heavy atom. The lowest BCUT2D eigenvalue weighted by atomic mass is 10.1. The highest BCUT2D eigenvalue weighted by molar-refractivity contribution is 6.35. The number of aromatic nitrogens is 1. The van der Waals surface area contributed by atoms with Gasteiger partial charge in [0.25, 0.3) is 0 Å². The Bertz CT molecular complexity index is 534. The van der Waals surface area contributed by atoms with Crippen molar-refractivity contribution in [2.45, 2.75) is 19.5 Å². The summed E-state index contributed by atoms with van der Waals surface area (Å²) in [6.07, 6.45) is 4.14. The van der Waals surface area contributed by atoms with Gasteiger partial charge in [-0.15, -0.1) is 0 Å². The van der Waals surface area contributed by atoms with E-state index in [4.69, 9.17) is 23.2 Å². The first-order valence-electron chi connectivity index (χ1n) is 5.85. The van der Waals surface area contributed by atoms with Crippen LogP contribution in [0.4, 0.5) is 0 Å². The van der Waals surface area contributed by atoms with Crippen molar-refractivity contribution in [3.8, 4) is 0 Å². The molecule has 0 amide bonds. The molecule has 1 unspecified atom stereocenters. The molecule has 2 nitrogen and oxygen atoms in total. The minimum absolute atomic E-state index is 0.190. The van der Waals surface area contributed by atoms with Gasteiger partial charge in [0.1, 0.15) is 0 Å². The maximum absolute atomic E-state index is 6.18. The molecule has 1 aromatic carbocycles. The Hall–Kier alpha value is -0.960. The van der Waals surface area contributed by atoms with E-state index in [-0.39, 0.29) is 6.04 Å². The summed E-state index contributed by atoms with van der Waals surface area (Å²) in [5, 5.41) is 4.82. The van der Waals surface area contributed by atoms with Crippen LogP contribution in [0.2, 0.25) is 10.0 Å². The summed E-state index contributed by atoms with van der Waals surface area (Å²) >= 11 is 12.1. The molecule has 0 fully saturated rings. The molecule has 0 saturated heterocycles. The summed E-state index contributed by atoms with van der Waals surface area (Å²) < 4.78 is 2.04. The molecule has 0 radical (unpaired) electrons. The molecule has 1 heterocycles. The molecule has 18 heavy (non-hydrogen) atoms. The van der Waals surface area contributed by atoms with Crippen LogP contribution in [0, 0.1) is 0 Å². The summed E-state index contributed by atoms with van der Waals surface area (Å²) in [4.78, 5) is 0. The molecule has 0 bridgehead atoms. The summed E-state index contributed by atoms with van der Waals surface area (Å²) in [6.45, 7) is 2.92. The normalized spacial score (nSPS) is 12.7. The van der Waals surface area contributed by atoms with E-state index >= 15 is 0 Å². The lowest BCUT2D eigenvalue weighted by molar-refractivity contribution is 0.574. The lowest BCUT2D eigenvalue weighted by Crippen LogP contribution is -2.18. The summed E-state index contributed by atoms with van der Waals surface area (Å²) in [7, 11) is 2.02. The molecule has 1 N–H and O–H groups in total. The van der Waals surface area contributed by atoms with Crippen molar-refractivity contribution in [2.75, 3.05) is 0 Å². The fraction of sp³-hybridized carbons (Fsp3) is 0.286. The predicted molar refractivity (Wildman–Crippen MR) is 77.1 cm³/mol. The van der Waals surface area contributed by atoms with Gasteiger partial charge in [0.05, 0.1) is 0 Å². The first-order chi connectivity index (χ1) is 8.56. The molecule has 1 atom stereocenters. The van der Waals surface area contributed by atoms with Crippen molar-refractivity contribution < 1.29 is 0 Å². The third kappa shape index (κ3) is 3.29. The van der Waals surface area contributed by atoms with Crippen LogP contribution >= 0.6 is 23.2 Å². The van der Waals surface area contributed by atoms with Gasteiger partial charge in [-0.1, -0.05) is 29.3 Å². The van der Waals surface area contributed by atoms with Gasteiger partial charge < -0.3 is 9.88 Å². The molecule has 0 aliphatic rings. The number of rotatable bonds is 4. The second kappa shape index (κ2) is 5.79. The zero-order valence-electron chi connectivity index (χ0n) is 10.5. The number of benzene rings is 1. The van der Waals surface area contributed by atoms with Crippen LogP contribution in [0.25, 0.3) is 0 Å². The highest BCUT2D eigenvalue weighted by Gasteiger charge is 2.09. The maximum atomic E-state index is 6.18. The van der Waals surface area contributed by atoms with E-state index in [0.29, 0.717) is 10.0 Å². The minimum Gasteiger partial charge on any atom is -0.357 e. The van der Waals surface area contributed by atoms with E-state index in [1.807, 2.05) is 29.9 Å². The molecule has 1 aromatic heterocycles. The Balaban J connectivity index is 2.01. The van der Waals surface area contributed by atoms with Crippen LogP contribution in [0.15, 0.2) is 36.7 Å². The Morgan fingerprint density at radius 2 is 2.06 bits per heavy atom. The van der Waals surface area contributed by atoms with Crippen molar-refractivity contribution in [1.29, 1.82) is 0 Å². The molecule has 2 aromatic rings. The predicted octanol–water partition coefficient (Wildman–Crippen LogP) is 4.18. The molecule has 2 rings (SSSR count). The average molecular weight is 283 g/mol. The van der Waals surface area contributed by atoms with Gasteiger partial charge in [0, 0.05) is 42.1 Å². The number of nitrogens with zero attached hydrogens (tertiary/aromatic N) is 1. The molecular formula is C14H16Cl2N2. The van der Waals surface area contributed by atoms with Gasteiger partial charge in [-0.05, 0) is 36.2 Å². The molecule has 0 saturated carbocycles. The number of halogens is 2. The van der Waals surface area contributed by atoms with Crippen LogP contribution in [0.5, 0.6) is 0 Å². The van der Waals surface area contributed by atoms with Gasteiger partial charge >= 0.3 is 0 Å². The van der Waals surface area contributed by atoms with Crippen molar-refractivity contribution in [2.24, 2.45) is 7.05 Å². The van der Waals surface area contributed by atoms with Crippen molar-refractivity contribution >= 4 is 23.2 Å². The van der Waals surface area contributed by atoms with E-state index in [1.54, 1.807) is 6.07 Å². The highest BCUT2D eigenvalue weighted by atomic mass is 35.5. The van der Waals surface area contributed by atoms with E-state index in [2.05, 4.69) is 24.5 Å². The Kier molecular flexibility index (Phi) is 4.33. The molecule has 0 spiro atoms. The topological polar surface area (TPSA) is 17.0 Å². The molecule has 0 aliphatic heterocycles. The lowest BCUT2D eigenvalue weighted by Gasteiger charge is -2.15. The van der Waals surface area contributed by atoms with Crippen LogP contribution in [0.1, 0.15) is 24.1 Å². The smallest absolute Gasteiger partial charge is 0.0468 e. The summed E-state index contributed by atoms with van der Waals surface area (Å²) in [6, 6.07) is 7.90. The fourth-order valence-corrected chi connectivity index (χ4v) is 2.47. The zero-order valence-corrected chi connectivity index (χ0v) is 12.0. The standard InChI is InChI=1S/C14H16Cl2N2/c1-10(13-4-3-12(15)7-14(13)16)17-8-11-5-6-18(2)9-11/h3-7,9-10,17H,8H2,1-2H3. The second-order valence-corrected chi connectivity index (χ2v) is 5.30. The third-order valence-corrected chi connectivity index (χ3v) is 3.50. The average Bonchev–Trinajstić information content (AvgIpc) is 2.72. The van der Waals surface area contributed by atoms with Crippen LogP contribution in [-0.2, 0) is 13.6 Å². The van der Waals surface area contributed by atoms with Gasteiger partial charge in [-0.25, -0.2) is 0 Å². The first-order valence-corrected chi connectivity index (χ1v) is 6.61. The van der Waals surface area contributed by atoms with E-state index < -0.39 is 0 Å². The number of hydrogen-bond donors (Lipinski definition) is 1. The van der Waals surface area contributed by atoms with Crippen molar-refractivity contribution in [1.82, 2.24) is 9.88 Å². The fourth-order valence-electron chi connectivity index (χ4n) is 1.90. The van der Waals surface area contributed by atoms with E-state index in [9.17, 15) is 0 Å². The van der Waals surface area contributed by atoms with E-state index in [1.165, 1.54) is 5.56 Å². The monoisotopic (exact) mass is 282 g/mol. The summed E-state index contributed by atoms with van der Waals surface area (Å²) in [5.74, 6) is 0. The largest absolute Gasteiger partial charge is 0.357 e. The Labute approximate surface area is 118 Å². The third-order valence-electron chi connectivity index (χ3n) is 2.93. The summed E-state index contributed by atoms with van der Waals surface area (Å²) in [5.41, 5.74) is 2.33. The minimum atomic E-state index is 0.190. The molecule has 4 heteroatoms. The van der Waals surface area contributed by atoms with Crippen LogP contribution in [-0.4, -0.2) is 4.57 Å². The number of hydrogen-bond acceptors (Lipinski definition) is 1. The first kappa shape index (κ1) is 13.5. The van der Waals surface area contributed by atoms with Gasteiger partial charge in [0.15, 0.2) is 0 Å². The molecular weight excluding hydrogens is 267 g/mol. The second-order valence-electron chi connectivity index (χ2n) is 4.45. The van der Waals surface area contributed by atoms with Crippen LogP contribution in [0.3, 0.4) is 0 Å².